The number of carbonyl (C=O) groups excluding carboxylic acids is 1. The zero-order chi connectivity index (χ0) is 13.7. The molecular weight excluding hydrogens is 242 g/mol. The third-order valence-corrected chi connectivity index (χ3v) is 3.31. The molecule has 1 aromatic carbocycles. The van der Waals surface area contributed by atoms with Gasteiger partial charge in [-0.25, -0.2) is 0 Å². The van der Waals surface area contributed by atoms with E-state index in [4.69, 9.17) is 9.47 Å². The number of hydrogen-bond acceptors (Lipinski definition) is 3. The van der Waals surface area contributed by atoms with Crippen LogP contribution in [0.15, 0.2) is 24.3 Å². The molecule has 2 rings (SSSR count). The van der Waals surface area contributed by atoms with Gasteiger partial charge in [-0.2, -0.15) is 0 Å². The molecule has 1 amide bonds. The van der Waals surface area contributed by atoms with Gasteiger partial charge in [0, 0.05) is 6.61 Å². The van der Waals surface area contributed by atoms with Crippen LogP contribution in [-0.2, 0) is 4.74 Å². The lowest BCUT2D eigenvalue weighted by molar-refractivity contribution is 0.0710. The number of rotatable bonds is 5. The minimum Gasteiger partial charge on any atom is -0.493 e. The Morgan fingerprint density at radius 1 is 1.53 bits per heavy atom. The highest BCUT2D eigenvalue weighted by Crippen LogP contribution is 2.19. The van der Waals surface area contributed by atoms with E-state index >= 15 is 0 Å². The van der Waals surface area contributed by atoms with Gasteiger partial charge in [-0.3, -0.25) is 4.79 Å². The number of nitrogens with one attached hydrogen (secondary N) is 1. The Labute approximate surface area is 114 Å². The maximum absolute atomic E-state index is 12.3. The van der Waals surface area contributed by atoms with Crippen LogP contribution in [0.2, 0.25) is 0 Å². The fourth-order valence-corrected chi connectivity index (χ4v) is 2.31. The molecule has 19 heavy (non-hydrogen) atoms. The van der Waals surface area contributed by atoms with E-state index < -0.39 is 0 Å². The van der Waals surface area contributed by atoms with Crippen molar-refractivity contribution < 1.29 is 14.3 Å². The maximum Gasteiger partial charge on any atom is 0.255 e. The number of benzene rings is 1. The van der Waals surface area contributed by atoms with Crippen LogP contribution in [0.25, 0.3) is 0 Å². The first kappa shape index (κ1) is 13.9. The van der Waals surface area contributed by atoms with Crippen LogP contribution >= 0.6 is 0 Å². The van der Waals surface area contributed by atoms with Gasteiger partial charge >= 0.3 is 0 Å². The Hall–Kier alpha value is -1.55. The van der Waals surface area contributed by atoms with Gasteiger partial charge < -0.3 is 14.8 Å². The van der Waals surface area contributed by atoms with Gasteiger partial charge in [-0.15, -0.1) is 0 Å². The molecule has 4 heteroatoms. The molecule has 1 N–H and O–H groups in total. The molecular formula is C15H21NO3. The third-order valence-electron chi connectivity index (χ3n) is 3.31. The molecule has 104 valence electrons. The van der Waals surface area contributed by atoms with Crippen molar-refractivity contribution in [2.75, 3.05) is 13.2 Å². The van der Waals surface area contributed by atoms with E-state index in [9.17, 15) is 4.79 Å². The average Bonchev–Trinajstić information content (AvgIpc) is 2.93. The van der Waals surface area contributed by atoms with Crippen LogP contribution < -0.4 is 10.1 Å². The Morgan fingerprint density at radius 3 is 3.00 bits per heavy atom. The van der Waals surface area contributed by atoms with Gasteiger partial charge in [-0.1, -0.05) is 12.1 Å². The number of hydrogen-bond donors (Lipinski definition) is 1. The highest BCUT2D eigenvalue weighted by molar-refractivity contribution is 5.97. The van der Waals surface area contributed by atoms with E-state index in [1.165, 1.54) is 0 Å². The Balaban J connectivity index is 2.02. The zero-order valence-corrected chi connectivity index (χ0v) is 11.5. The zero-order valence-electron chi connectivity index (χ0n) is 11.5. The lowest BCUT2D eigenvalue weighted by atomic mass is 10.1. The molecule has 0 aromatic heterocycles. The molecule has 1 aliphatic rings. The summed E-state index contributed by atoms with van der Waals surface area (Å²) in [6.07, 6.45) is 2.21. The van der Waals surface area contributed by atoms with Crippen molar-refractivity contribution in [1.29, 1.82) is 0 Å². The molecule has 4 nitrogen and oxygen atoms in total. The summed E-state index contributed by atoms with van der Waals surface area (Å²) >= 11 is 0. The summed E-state index contributed by atoms with van der Waals surface area (Å²) in [7, 11) is 0. The molecule has 1 saturated heterocycles. The van der Waals surface area contributed by atoms with Crippen LogP contribution in [0.5, 0.6) is 5.75 Å². The summed E-state index contributed by atoms with van der Waals surface area (Å²) < 4.78 is 11.1. The Kier molecular flexibility index (Phi) is 4.80. The maximum atomic E-state index is 12.3. The van der Waals surface area contributed by atoms with Crippen molar-refractivity contribution in [2.24, 2.45) is 0 Å². The van der Waals surface area contributed by atoms with Gasteiger partial charge in [0.1, 0.15) is 5.75 Å². The molecule has 0 aliphatic carbocycles. The largest absolute Gasteiger partial charge is 0.493 e. The molecule has 0 radical (unpaired) electrons. The smallest absolute Gasteiger partial charge is 0.255 e. The van der Waals surface area contributed by atoms with E-state index in [1.54, 1.807) is 6.07 Å². The number of ether oxygens (including phenoxy) is 2. The second kappa shape index (κ2) is 6.57. The second-order valence-corrected chi connectivity index (χ2v) is 4.74. The van der Waals surface area contributed by atoms with Crippen molar-refractivity contribution in [2.45, 2.75) is 38.8 Å². The number of amides is 1. The van der Waals surface area contributed by atoms with Crippen molar-refractivity contribution >= 4 is 5.91 Å². The number of carbonyl (C=O) groups is 1. The minimum absolute atomic E-state index is 0.0182. The summed E-state index contributed by atoms with van der Waals surface area (Å²) in [4.78, 5) is 12.3. The summed E-state index contributed by atoms with van der Waals surface area (Å²) in [6.45, 7) is 5.23. The van der Waals surface area contributed by atoms with Gasteiger partial charge in [-0.05, 0) is 38.8 Å². The molecule has 0 unspecified atom stereocenters. The molecule has 0 bridgehead atoms. The highest BCUT2D eigenvalue weighted by atomic mass is 16.5. The average molecular weight is 263 g/mol. The standard InChI is InChI=1S/C15H21NO3/c1-3-18-14-8-5-4-7-12(14)15(17)16-11(2)13-9-6-10-19-13/h4-5,7-8,11,13H,3,6,9-10H2,1-2H3,(H,16,17)/t11-,13+/m1/s1. The number of para-hydroxylation sites is 1. The first-order valence-electron chi connectivity index (χ1n) is 6.86. The second-order valence-electron chi connectivity index (χ2n) is 4.74. The Bertz CT molecular complexity index is 427. The van der Waals surface area contributed by atoms with Crippen LogP contribution in [0.1, 0.15) is 37.0 Å². The summed E-state index contributed by atoms with van der Waals surface area (Å²) in [5, 5.41) is 2.99. The quantitative estimate of drug-likeness (QED) is 0.887. The normalized spacial score (nSPS) is 20.0. The summed E-state index contributed by atoms with van der Waals surface area (Å²) in [5.74, 6) is 0.522. The van der Waals surface area contributed by atoms with Gasteiger partial charge in [0.05, 0.1) is 24.3 Å². The van der Waals surface area contributed by atoms with E-state index in [2.05, 4.69) is 5.32 Å². The molecule has 1 heterocycles. The highest BCUT2D eigenvalue weighted by Gasteiger charge is 2.24. The van der Waals surface area contributed by atoms with Crippen molar-refractivity contribution in [3.8, 4) is 5.75 Å². The summed E-state index contributed by atoms with van der Waals surface area (Å²) in [5.41, 5.74) is 0.578. The SMILES string of the molecule is CCOc1ccccc1C(=O)N[C@H](C)[C@@H]1CCCO1. The van der Waals surface area contributed by atoms with Crippen LogP contribution in [0.4, 0.5) is 0 Å². The van der Waals surface area contributed by atoms with E-state index in [-0.39, 0.29) is 18.1 Å². The fraction of sp³-hybridized carbons (Fsp3) is 0.533. The summed E-state index contributed by atoms with van der Waals surface area (Å²) in [6, 6.07) is 7.32. The van der Waals surface area contributed by atoms with Crippen molar-refractivity contribution in [3.63, 3.8) is 0 Å². The van der Waals surface area contributed by atoms with Gasteiger partial charge in [0.15, 0.2) is 0 Å². The lowest BCUT2D eigenvalue weighted by Gasteiger charge is -2.20. The first-order valence-corrected chi connectivity index (χ1v) is 6.86. The lowest BCUT2D eigenvalue weighted by Crippen LogP contribution is -2.40. The molecule has 0 saturated carbocycles. The van der Waals surface area contributed by atoms with Gasteiger partial charge in [0.25, 0.3) is 5.91 Å². The van der Waals surface area contributed by atoms with Crippen LogP contribution in [0, 0.1) is 0 Å². The minimum atomic E-state index is -0.105. The molecule has 1 aromatic rings. The predicted octanol–water partition coefficient (Wildman–Crippen LogP) is 2.38. The van der Waals surface area contributed by atoms with E-state index in [0.29, 0.717) is 17.9 Å². The first-order chi connectivity index (χ1) is 9.22. The fourth-order valence-electron chi connectivity index (χ4n) is 2.31. The topological polar surface area (TPSA) is 47.6 Å². The van der Waals surface area contributed by atoms with E-state index in [1.807, 2.05) is 32.0 Å². The van der Waals surface area contributed by atoms with Crippen LogP contribution in [-0.4, -0.2) is 31.3 Å². The Morgan fingerprint density at radius 2 is 2.32 bits per heavy atom. The van der Waals surface area contributed by atoms with Crippen molar-refractivity contribution in [1.82, 2.24) is 5.32 Å². The van der Waals surface area contributed by atoms with Crippen LogP contribution in [0.3, 0.4) is 0 Å². The van der Waals surface area contributed by atoms with Crippen molar-refractivity contribution in [3.05, 3.63) is 29.8 Å². The molecule has 1 fully saturated rings. The van der Waals surface area contributed by atoms with Gasteiger partial charge in [0.2, 0.25) is 0 Å². The third kappa shape index (κ3) is 3.47. The molecule has 1 aliphatic heterocycles. The molecule has 0 spiro atoms. The monoisotopic (exact) mass is 263 g/mol. The molecule has 2 atom stereocenters. The van der Waals surface area contributed by atoms with E-state index in [0.717, 1.165) is 19.4 Å². The predicted molar refractivity (Wildman–Crippen MR) is 73.5 cm³/mol.